The summed E-state index contributed by atoms with van der Waals surface area (Å²) in [5, 5.41) is 0. The van der Waals surface area contributed by atoms with Crippen molar-refractivity contribution in [3.63, 3.8) is 0 Å². The molecule has 1 aromatic rings. The number of hydrogen-bond donors (Lipinski definition) is 1. The summed E-state index contributed by atoms with van der Waals surface area (Å²) in [5.41, 5.74) is 7.39. The number of thioether (sulfide) groups is 1. The number of hydrogen-bond acceptors (Lipinski definition) is 4. The molecule has 1 fully saturated rings. The number of rotatable bonds is 5. The minimum absolute atomic E-state index is 0.178. The van der Waals surface area contributed by atoms with Crippen molar-refractivity contribution >= 4 is 11.8 Å². The average molecular weight is 253 g/mol. The Kier molecular flexibility index (Phi) is 3.54. The van der Waals surface area contributed by atoms with Crippen LogP contribution in [0, 0.1) is 0 Å². The first-order valence-corrected chi connectivity index (χ1v) is 6.94. The van der Waals surface area contributed by atoms with E-state index in [2.05, 4.69) is 12.3 Å². The van der Waals surface area contributed by atoms with E-state index >= 15 is 0 Å². The van der Waals surface area contributed by atoms with Gasteiger partial charge >= 0.3 is 0 Å². The third-order valence-electron chi connectivity index (χ3n) is 3.52. The summed E-state index contributed by atoms with van der Waals surface area (Å²) in [6, 6.07) is 4.11. The summed E-state index contributed by atoms with van der Waals surface area (Å²) in [6.07, 6.45) is 4.41. The molecule has 1 aliphatic carbocycles. The Labute approximate surface area is 107 Å². The molecule has 1 aliphatic rings. The molecule has 0 aliphatic heterocycles. The Bertz CT molecular complexity index is 416. The summed E-state index contributed by atoms with van der Waals surface area (Å²) in [5.74, 6) is 1.62. The monoisotopic (exact) mass is 253 g/mol. The molecule has 17 heavy (non-hydrogen) atoms. The first-order chi connectivity index (χ1) is 8.22. The molecule has 94 valence electrons. The molecule has 4 heteroatoms. The van der Waals surface area contributed by atoms with Gasteiger partial charge in [0.25, 0.3) is 0 Å². The van der Waals surface area contributed by atoms with Gasteiger partial charge in [-0.25, -0.2) is 0 Å². The van der Waals surface area contributed by atoms with Crippen molar-refractivity contribution in [2.75, 3.05) is 27.0 Å². The maximum Gasteiger partial charge on any atom is 0.174 e. The zero-order valence-corrected chi connectivity index (χ0v) is 11.4. The van der Waals surface area contributed by atoms with Gasteiger partial charge < -0.3 is 15.2 Å². The van der Waals surface area contributed by atoms with Gasteiger partial charge in [0.2, 0.25) is 0 Å². The van der Waals surface area contributed by atoms with Crippen LogP contribution < -0.4 is 15.2 Å². The summed E-state index contributed by atoms with van der Waals surface area (Å²) in [4.78, 5) is 1.16. The Morgan fingerprint density at radius 1 is 1.29 bits per heavy atom. The van der Waals surface area contributed by atoms with Crippen molar-refractivity contribution in [1.29, 1.82) is 0 Å². The molecule has 0 unspecified atom stereocenters. The van der Waals surface area contributed by atoms with Crippen molar-refractivity contribution in [1.82, 2.24) is 0 Å². The standard InChI is InChI=1S/C13H19NO2S/c1-15-10-5-4-9(13(8-14)6-7-13)12(17-3)11(10)16-2/h4-5H,6-8,14H2,1-3H3. The molecule has 0 saturated heterocycles. The van der Waals surface area contributed by atoms with Crippen LogP contribution in [0.3, 0.4) is 0 Å². The molecule has 0 aromatic heterocycles. The highest BCUT2D eigenvalue weighted by molar-refractivity contribution is 7.98. The van der Waals surface area contributed by atoms with Gasteiger partial charge in [-0.3, -0.25) is 0 Å². The lowest BCUT2D eigenvalue weighted by atomic mass is 9.95. The van der Waals surface area contributed by atoms with E-state index in [0.29, 0.717) is 6.54 Å². The second kappa shape index (κ2) is 4.78. The van der Waals surface area contributed by atoms with Gasteiger partial charge in [-0.05, 0) is 30.7 Å². The first-order valence-electron chi connectivity index (χ1n) is 5.72. The van der Waals surface area contributed by atoms with Gasteiger partial charge in [-0.1, -0.05) is 6.07 Å². The molecular weight excluding hydrogens is 234 g/mol. The van der Waals surface area contributed by atoms with Gasteiger partial charge in [-0.15, -0.1) is 11.8 Å². The van der Waals surface area contributed by atoms with Gasteiger partial charge in [0.05, 0.1) is 19.1 Å². The number of methoxy groups -OCH3 is 2. The fraction of sp³-hybridized carbons (Fsp3) is 0.538. The molecule has 3 nitrogen and oxygen atoms in total. The maximum atomic E-state index is 5.91. The van der Waals surface area contributed by atoms with Gasteiger partial charge in [0, 0.05) is 12.0 Å². The van der Waals surface area contributed by atoms with Crippen LogP contribution in [0.5, 0.6) is 11.5 Å². The molecule has 1 saturated carbocycles. The molecule has 0 heterocycles. The summed E-state index contributed by atoms with van der Waals surface area (Å²) < 4.78 is 10.8. The van der Waals surface area contributed by atoms with Crippen molar-refractivity contribution in [3.8, 4) is 11.5 Å². The third kappa shape index (κ3) is 2.00. The van der Waals surface area contributed by atoms with Crippen LogP contribution in [0.2, 0.25) is 0 Å². The normalized spacial score (nSPS) is 16.7. The van der Waals surface area contributed by atoms with Gasteiger partial charge in [0.1, 0.15) is 0 Å². The molecule has 0 atom stereocenters. The van der Waals surface area contributed by atoms with E-state index in [4.69, 9.17) is 15.2 Å². The summed E-state index contributed by atoms with van der Waals surface area (Å²) in [7, 11) is 3.35. The quantitative estimate of drug-likeness (QED) is 0.819. The second-order valence-electron chi connectivity index (χ2n) is 4.37. The Balaban J connectivity index is 2.54. The van der Waals surface area contributed by atoms with Crippen molar-refractivity contribution in [3.05, 3.63) is 17.7 Å². The molecule has 2 N–H and O–H groups in total. The predicted octanol–water partition coefficient (Wildman–Crippen LogP) is 2.42. The van der Waals surface area contributed by atoms with E-state index in [0.717, 1.165) is 16.4 Å². The second-order valence-corrected chi connectivity index (χ2v) is 5.18. The fourth-order valence-electron chi connectivity index (χ4n) is 2.25. The Hall–Kier alpha value is -0.870. The largest absolute Gasteiger partial charge is 0.493 e. The van der Waals surface area contributed by atoms with E-state index in [-0.39, 0.29) is 5.41 Å². The highest BCUT2D eigenvalue weighted by Crippen LogP contribution is 2.53. The molecule has 0 radical (unpaired) electrons. The number of ether oxygens (including phenoxy) is 2. The smallest absolute Gasteiger partial charge is 0.174 e. The number of benzene rings is 1. The highest BCUT2D eigenvalue weighted by Gasteiger charge is 2.45. The van der Waals surface area contributed by atoms with Gasteiger partial charge in [-0.2, -0.15) is 0 Å². The molecule has 0 spiro atoms. The Morgan fingerprint density at radius 3 is 2.41 bits per heavy atom. The minimum atomic E-state index is 0.178. The summed E-state index contributed by atoms with van der Waals surface area (Å²) in [6.45, 7) is 0.704. The van der Waals surface area contributed by atoms with Crippen LogP contribution in [-0.2, 0) is 5.41 Å². The zero-order valence-electron chi connectivity index (χ0n) is 10.6. The highest BCUT2D eigenvalue weighted by atomic mass is 32.2. The van der Waals surface area contributed by atoms with Crippen LogP contribution in [0.25, 0.3) is 0 Å². The number of nitrogens with two attached hydrogens (primary N) is 1. The van der Waals surface area contributed by atoms with Gasteiger partial charge in [0.15, 0.2) is 11.5 Å². The SMILES string of the molecule is COc1ccc(C2(CN)CC2)c(SC)c1OC. The molecule has 0 amide bonds. The lowest BCUT2D eigenvalue weighted by molar-refractivity contribution is 0.346. The van der Waals surface area contributed by atoms with Crippen LogP contribution in [0.4, 0.5) is 0 Å². The molecule has 1 aromatic carbocycles. The van der Waals surface area contributed by atoms with Crippen LogP contribution in [-0.4, -0.2) is 27.0 Å². The van der Waals surface area contributed by atoms with Crippen LogP contribution in [0.15, 0.2) is 17.0 Å². The van der Waals surface area contributed by atoms with E-state index < -0.39 is 0 Å². The minimum Gasteiger partial charge on any atom is -0.493 e. The lowest BCUT2D eigenvalue weighted by Crippen LogP contribution is -2.20. The van der Waals surface area contributed by atoms with E-state index in [1.165, 1.54) is 18.4 Å². The van der Waals surface area contributed by atoms with E-state index in [1.54, 1.807) is 26.0 Å². The van der Waals surface area contributed by atoms with Crippen molar-refractivity contribution in [2.45, 2.75) is 23.2 Å². The summed E-state index contributed by atoms with van der Waals surface area (Å²) >= 11 is 1.70. The topological polar surface area (TPSA) is 44.5 Å². The Morgan fingerprint density at radius 2 is 2.00 bits per heavy atom. The zero-order chi connectivity index (χ0) is 12.5. The van der Waals surface area contributed by atoms with Crippen molar-refractivity contribution < 1.29 is 9.47 Å². The lowest BCUT2D eigenvalue weighted by Gasteiger charge is -2.20. The molecule has 2 rings (SSSR count). The first kappa shape index (κ1) is 12.6. The molecular formula is C13H19NO2S. The molecule has 0 bridgehead atoms. The van der Waals surface area contributed by atoms with E-state index in [1.807, 2.05) is 6.07 Å². The van der Waals surface area contributed by atoms with Crippen molar-refractivity contribution in [2.24, 2.45) is 5.73 Å². The average Bonchev–Trinajstić information content (AvgIpc) is 3.17. The fourth-order valence-corrected chi connectivity index (χ4v) is 3.13. The third-order valence-corrected chi connectivity index (χ3v) is 4.33. The predicted molar refractivity (Wildman–Crippen MR) is 71.3 cm³/mol. The van der Waals surface area contributed by atoms with Crippen LogP contribution in [0.1, 0.15) is 18.4 Å². The van der Waals surface area contributed by atoms with E-state index in [9.17, 15) is 0 Å². The maximum absolute atomic E-state index is 5.91. The van der Waals surface area contributed by atoms with Crippen LogP contribution >= 0.6 is 11.8 Å².